The maximum absolute atomic E-state index is 11.0. The lowest BCUT2D eigenvalue weighted by Gasteiger charge is -2.31. The van der Waals surface area contributed by atoms with E-state index < -0.39 is 6.03 Å². The van der Waals surface area contributed by atoms with Crippen molar-refractivity contribution in [3.8, 4) is 12.3 Å². The molecule has 0 saturated carbocycles. The molecule has 0 aliphatic carbocycles. The highest BCUT2D eigenvalue weighted by Gasteiger charge is 2.22. The molecule has 4 nitrogen and oxygen atoms in total. The number of terminal acetylenes is 1. The number of urea groups is 1. The Morgan fingerprint density at radius 3 is 2.69 bits per heavy atom. The average Bonchev–Trinajstić information content (AvgIpc) is 2.15. The van der Waals surface area contributed by atoms with Gasteiger partial charge in [0.05, 0.1) is 6.54 Å². The number of nitrogens with two attached hydrogens (primary N) is 1. The van der Waals surface area contributed by atoms with Gasteiger partial charge >= 0.3 is 6.03 Å². The maximum Gasteiger partial charge on any atom is 0.315 e. The van der Waals surface area contributed by atoms with Crippen LogP contribution in [0.15, 0.2) is 0 Å². The van der Waals surface area contributed by atoms with Crippen LogP contribution in [0.1, 0.15) is 12.8 Å². The van der Waals surface area contributed by atoms with Crippen LogP contribution in [0.2, 0.25) is 0 Å². The van der Waals surface area contributed by atoms with Crippen molar-refractivity contribution in [1.82, 2.24) is 10.2 Å². The topological polar surface area (TPSA) is 58.4 Å². The van der Waals surface area contributed by atoms with Gasteiger partial charge in [0.1, 0.15) is 0 Å². The molecule has 0 aromatic carbocycles. The molecule has 0 spiro atoms. The van der Waals surface area contributed by atoms with Crippen molar-refractivity contribution in [2.75, 3.05) is 19.6 Å². The molecule has 0 bridgehead atoms. The zero-order chi connectivity index (χ0) is 9.68. The van der Waals surface area contributed by atoms with E-state index in [0.717, 1.165) is 25.9 Å². The van der Waals surface area contributed by atoms with Gasteiger partial charge in [0.15, 0.2) is 0 Å². The summed E-state index contributed by atoms with van der Waals surface area (Å²) in [5.41, 5.74) is 5.22. The lowest BCUT2D eigenvalue weighted by atomic mass is 10.1. The van der Waals surface area contributed by atoms with Gasteiger partial charge in [0.25, 0.3) is 0 Å². The molecule has 72 valence electrons. The van der Waals surface area contributed by atoms with Crippen LogP contribution in [0, 0.1) is 12.3 Å². The molecule has 0 radical (unpaired) electrons. The normalized spacial score (nSPS) is 17.8. The minimum atomic E-state index is -0.412. The molecule has 4 heteroatoms. The Labute approximate surface area is 78.5 Å². The number of amides is 2. The Bertz CT molecular complexity index is 215. The summed E-state index contributed by atoms with van der Waals surface area (Å²) < 4.78 is 0. The van der Waals surface area contributed by atoms with Crippen LogP contribution in [0.3, 0.4) is 0 Å². The Balaban J connectivity index is 2.52. The van der Waals surface area contributed by atoms with Crippen molar-refractivity contribution >= 4 is 6.03 Å². The molecule has 1 aliphatic heterocycles. The second-order valence-electron chi connectivity index (χ2n) is 3.15. The molecule has 0 atom stereocenters. The Morgan fingerprint density at radius 2 is 2.23 bits per heavy atom. The minimum Gasteiger partial charge on any atom is -0.351 e. The third-order valence-electron chi connectivity index (χ3n) is 2.29. The molecule has 1 aliphatic rings. The van der Waals surface area contributed by atoms with Gasteiger partial charge in [-0.1, -0.05) is 5.92 Å². The largest absolute Gasteiger partial charge is 0.351 e. The third kappa shape index (κ3) is 2.63. The van der Waals surface area contributed by atoms with Crippen molar-refractivity contribution in [3.05, 3.63) is 0 Å². The van der Waals surface area contributed by atoms with Gasteiger partial charge in [0.2, 0.25) is 0 Å². The van der Waals surface area contributed by atoms with Gasteiger partial charge in [-0.15, -0.1) is 6.42 Å². The van der Waals surface area contributed by atoms with Crippen molar-refractivity contribution in [1.29, 1.82) is 0 Å². The summed E-state index contributed by atoms with van der Waals surface area (Å²) in [6, 6.07) is -0.195. The van der Waals surface area contributed by atoms with Gasteiger partial charge in [-0.05, 0) is 25.9 Å². The number of nitrogens with one attached hydrogen (secondary N) is 1. The molecule has 1 fully saturated rings. The van der Waals surface area contributed by atoms with E-state index in [1.54, 1.807) is 4.90 Å². The number of primary amides is 1. The van der Waals surface area contributed by atoms with Crippen LogP contribution >= 0.6 is 0 Å². The number of rotatable bonds is 2. The number of carbonyl (C=O) groups excluding carboxylic acids is 1. The van der Waals surface area contributed by atoms with Crippen LogP contribution in [-0.2, 0) is 0 Å². The average molecular weight is 181 g/mol. The second-order valence-corrected chi connectivity index (χ2v) is 3.15. The van der Waals surface area contributed by atoms with Crippen molar-refractivity contribution in [2.24, 2.45) is 5.73 Å². The fourth-order valence-electron chi connectivity index (χ4n) is 1.60. The highest BCUT2D eigenvalue weighted by atomic mass is 16.2. The van der Waals surface area contributed by atoms with E-state index in [4.69, 9.17) is 12.2 Å². The molecular formula is C9H15N3O. The van der Waals surface area contributed by atoms with Crippen LogP contribution in [0.4, 0.5) is 4.79 Å². The molecule has 0 unspecified atom stereocenters. The first-order chi connectivity index (χ1) is 6.25. The van der Waals surface area contributed by atoms with Crippen LogP contribution in [-0.4, -0.2) is 36.6 Å². The lowest BCUT2D eigenvalue weighted by molar-refractivity contribution is 0.177. The predicted molar refractivity (Wildman–Crippen MR) is 51.0 cm³/mol. The summed E-state index contributed by atoms with van der Waals surface area (Å²) in [7, 11) is 0. The first kappa shape index (κ1) is 9.87. The molecule has 1 heterocycles. The molecule has 13 heavy (non-hydrogen) atoms. The van der Waals surface area contributed by atoms with Gasteiger partial charge in [-0.2, -0.15) is 0 Å². The first-order valence-corrected chi connectivity index (χ1v) is 4.46. The summed E-state index contributed by atoms with van der Waals surface area (Å²) in [5.74, 6) is 2.45. The highest BCUT2D eigenvalue weighted by Crippen LogP contribution is 2.10. The van der Waals surface area contributed by atoms with E-state index in [2.05, 4.69) is 11.2 Å². The highest BCUT2D eigenvalue weighted by molar-refractivity contribution is 5.72. The quantitative estimate of drug-likeness (QED) is 0.577. The Hall–Kier alpha value is -1.21. The first-order valence-electron chi connectivity index (χ1n) is 4.46. The van der Waals surface area contributed by atoms with Crippen molar-refractivity contribution in [3.63, 3.8) is 0 Å². The van der Waals surface area contributed by atoms with Crippen LogP contribution < -0.4 is 11.1 Å². The smallest absolute Gasteiger partial charge is 0.315 e. The molecule has 2 amide bonds. The summed E-state index contributed by atoms with van der Waals surface area (Å²) >= 11 is 0. The summed E-state index contributed by atoms with van der Waals surface area (Å²) in [5, 5.41) is 3.22. The summed E-state index contributed by atoms with van der Waals surface area (Å²) in [6.45, 7) is 2.18. The molecule has 1 rings (SSSR count). The SMILES string of the molecule is C#CCN(C(N)=O)C1CCNCC1. The van der Waals surface area contributed by atoms with Crippen LogP contribution in [0.5, 0.6) is 0 Å². The lowest BCUT2D eigenvalue weighted by Crippen LogP contribution is -2.48. The monoisotopic (exact) mass is 181 g/mol. The van der Waals surface area contributed by atoms with E-state index in [9.17, 15) is 4.79 Å². The van der Waals surface area contributed by atoms with Crippen molar-refractivity contribution < 1.29 is 4.79 Å². The summed E-state index contributed by atoms with van der Waals surface area (Å²) in [6.07, 6.45) is 7.03. The number of piperidine rings is 1. The summed E-state index contributed by atoms with van der Waals surface area (Å²) in [4.78, 5) is 12.6. The zero-order valence-corrected chi connectivity index (χ0v) is 7.62. The van der Waals surface area contributed by atoms with E-state index in [0.29, 0.717) is 6.54 Å². The van der Waals surface area contributed by atoms with Crippen LogP contribution in [0.25, 0.3) is 0 Å². The van der Waals surface area contributed by atoms with E-state index in [-0.39, 0.29) is 6.04 Å². The van der Waals surface area contributed by atoms with E-state index >= 15 is 0 Å². The number of carbonyl (C=O) groups is 1. The van der Waals surface area contributed by atoms with E-state index in [1.807, 2.05) is 0 Å². The predicted octanol–water partition coefficient (Wildman–Crippen LogP) is -0.248. The van der Waals surface area contributed by atoms with Crippen molar-refractivity contribution in [2.45, 2.75) is 18.9 Å². The molecule has 3 N–H and O–H groups in total. The Morgan fingerprint density at radius 1 is 1.62 bits per heavy atom. The van der Waals surface area contributed by atoms with Gasteiger partial charge in [-0.25, -0.2) is 4.79 Å². The minimum absolute atomic E-state index is 0.217. The number of hydrogen-bond acceptors (Lipinski definition) is 2. The molecule has 0 aromatic heterocycles. The fraction of sp³-hybridized carbons (Fsp3) is 0.667. The second kappa shape index (κ2) is 4.73. The number of nitrogens with zero attached hydrogens (tertiary/aromatic N) is 1. The third-order valence-corrected chi connectivity index (χ3v) is 2.29. The fourth-order valence-corrected chi connectivity index (χ4v) is 1.60. The zero-order valence-electron chi connectivity index (χ0n) is 7.62. The standard InChI is InChI=1S/C9H15N3O/c1-2-7-12(9(10)13)8-3-5-11-6-4-8/h1,8,11H,3-7H2,(H2,10,13). The van der Waals surface area contributed by atoms with E-state index in [1.165, 1.54) is 0 Å². The van der Waals surface area contributed by atoms with Gasteiger partial charge in [0, 0.05) is 6.04 Å². The van der Waals surface area contributed by atoms with Gasteiger partial charge in [-0.3, -0.25) is 0 Å². The maximum atomic E-state index is 11.0. The Kier molecular flexibility index (Phi) is 3.59. The molecular weight excluding hydrogens is 166 g/mol. The molecule has 1 saturated heterocycles. The number of hydrogen-bond donors (Lipinski definition) is 2. The molecule has 0 aromatic rings. The van der Waals surface area contributed by atoms with Gasteiger partial charge < -0.3 is 16.0 Å².